The Morgan fingerprint density at radius 2 is 2.00 bits per heavy atom. The summed E-state index contributed by atoms with van der Waals surface area (Å²) in [5.41, 5.74) is 0.997. The maximum atomic E-state index is 5.31. The zero-order chi connectivity index (χ0) is 14.4. The van der Waals surface area contributed by atoms with Crippen LogP contribution < -0.4 is 5.32 Å². The van der Waals surface area contributed by atoms with Crippen molar-refractivity contribution in [1.29, 1.82) is 0 Å². The highest BCUT2D eigenvalue weighted by atomic mass is 32.2. The Balaban J connectivity index is 2.04. The van der Waals surface area contributed by atoms with Crippen molar-refractivity contribution in [2.75, 3.05) is 12.3 Å². The van der Waals surface area contributed by atoms with E-state index < -0.39 is 0 Å². The molecule has 0 aliphatic carbocycles. The second-order valence-electron chi connectivity index (χ2n) is 4.63. The number of aromatic nitrogens is 2. The third-order valence-corrected chi connectivity index (χ3v) is 3.82. The van der Waals surface area contributed by atoms with Crippen molar-refractivity contribution in [1.82, 2.24) is 15.5 Å². The van der Waals surface area contributed by atoms with Gasteiger partial charge in [0.1, 0.15) is 0 Å². The maximum absolute atomic E-state index is 5.31. The number of hydrogen-bond acceptors (Lipinski definition) is 5. The van der Waals surface area contributed by atoms with Crippen LogP contribution in [0.15, 0.2) is 33.7 Å². The van der Waals surface area contributed by atoms with E-state index in [2.05, 4.69) is 48.4 Å². The van der Waals surface area contributed by atoms with Crippen LogP contribution in [0.2, 0.25) is 0 Å². The average molecular weight is 291 g/mol. The lowest BCUT2D eigenvalue weighted by Gasteiger charge is -2.07. The molecule has 1 aromatic carbocycles. The number of rotatable bonds is 7. The molecule has 2 aromatic rings. The van der Waals surface area contributed by atoms with Crippen molar-refractivity contribution in [3.05, 3.63) is 30.2 Å². The van der Waals surface area contributed by atoms with Gasteiger partial charge in [-0.1, -0.05) is 19.0 Å². The molecule has 0 aliphatic rings. The molecule has 0 fully saturated rings. The molecule has 5 heteroatoms. The summed E-state index contributed by atoms with van der Waals surface area (Å²) in [5.74, 6) is 2.42. The molecule has 2 rings (SSSR count). The van der Waals surface area contributed by atoms with Crippen LogP contribution in [-0.4, -0.2) is 28.5 Å². The number of nitrogens with one attached hydrogen (secondary N) is 1. The summed E-state index contributed by atoms with van der Waals surface area (Å²) in [4.78, 5) is 5.72. The molecule has 108 valence electrons. The Morgan fingerprint density at radius 3 is 2.65 bits per heavy atom. The predicted octanol–water partition coefficient (Wildman–Crippen LogP) is 3.39. The van der Waals surface area contributed by atoms with Gasteiger partial charge in [0.15, 0.2) is 0 Å². The Bertz CT molecular complexity index is 524. The number of nitrogens with zero attached hydrogens (tertiary/aromatic N) is 2. The summed E-state index contributed by atoms with van der Waals surface area (Å²) in [7, 11) is 0. The van der Waals surface area contributed by atoms with E-state index in [1.54, 1.807) is 0 Å². The minimum absolute atomic E-state index is 0.344. The van der Waals surface area contributed by atoms with Crippen LogP contribution in [0.4, 0.5) is 0 Å². The van der Waals surface area contributed by atoms with E-state index in [4.69, 9.17) is 4.52 Å². The van der Waals surface area contributed by atoms with Crippen molar-refractivity contribution < 1.29 is 4.52 Å². The van der Waals surface area contributed by atoms with E-state index in [0.717, 1.165) is 24.3 Å². The number of hydrogen-bond donors (Lipinski definition) is 1. The van der Waals surface area contributed by atoms with Gasteiger partial charge in [0, 0.05) is 22.9 Å². The van der Waals surface area contributed by atoms with Crippen molar-refractivity contribution in [2.24, 2.45) is 0 Å². The van der Waals surface area contributed by atoms with Gasteiger partial charge in [0.05, 0.1) is 0 Å². The van der Waals surface area contributed by atoms with Crippen LogP contribution in [0.5, 0.6) is 0 Å². The van der Waals surface area contributed by atoms with Crippen LogP contribution >= 0.6 is 11.8 Å². The smallest absolute Gasteiger partial charge is 0.228 e. The lowest BCUT2D eigenvalue weighted by Crippen LogP contribution is -2.27. The Labute approximate surface area is 124 Å². The first-order chi connectivity index (χ1) is 9.72. The first kappa shape index (κ1) is 15.1. The molecule has 0 bridgehead atoms. The van der Waals surface area contributed by atoms with Crippen molar-refractivity contribution in [3.8, 4) is 11.4 Å². The molecular weight excluding hydrogens is 270 g/mol. The van der Waals surface area contributed by atoms with Crippen LogP contribution in [0.25, 0.3) is 11.4 Å². The number of thioether (sulfide) groups is 1. The topological polar surface area (TPSA) is 51.0 Å². The summed E-state index contributed by atoms with van der Waals surface area (Å²) in [5, 5.41) is 7.39. The van der Waals surface area contributed by atoms with E-state index in [0.29, 0.717) is 17.8 Å². The molecule has 4 nitrogen and oxygen atoms in total. The van der Waals surface area contributed by atoms with Gasteiger partial charge in [-0.05, 0) is 43.5 Å². The first-order valence-electron chi connectivity index (χ1n) is 7.02. The summed E-state index contributed by atoms with van der Waals surface area (Å²) in [6.45, 7) is 7.30. The maximum Gasteiger partial charge on any atom is 0.228 e. The van der Waals surface area contributed by atoms with Crippen LogP contribution in [0.1, 0.15) is 26.7 Å². The SMILES string of the molecule is CCNC(C)Cc1nc(-c2ccc(SCC)cc2)no1. The zero-order valence-electron chi connectivity index (χ0n) is 12.2. The van der Waals surface area contributed by atoms with Gasteiger partial charge in [-0.25, -0.2) is 0 Å². The fraction of sp³-hybridized carbons (Fsp3) is 0.467. The Hall–Kier alpha value is -1.33. The standard InChI is InChI=1S/C15H21N3OS/c1-4-16-11(3)10-14-17-15(18-19-14)12-6-8-13(9-7-12)20-5-2/h6-9,11,16H,4-5,10H2,1-3H3. The number of likely N-dealkylation sites (N-methyl/N-ethyl adjacent to an activating group) is 1. The quantitative estimate of drug-likeness (QED) is 0.792. The summed E-state index contributed by atoms with van der Waals surface area (Å²) < 4.78 is 5.31. The average Bonchev–Trinajstić information content (AvgIpc) is 2.88. The van der Waals surface area contributed by atoms with Crippen molar-refractivity contribution in [2.45, 2.75) is 38.1 Å². The fourth-order valence-corrected chi connectivity index (χ4v) is 2.67. The van der Waals surface area contributed by atoms with Gasteiger partial charge < -0.3 is 9.84 Å². The van der Waals surface area contributed by atoms with Gasteiger partial charge in [0.25, 0.3) is 0 Å². The van der Waals surface area contributed by atoms with Crippen molar-refractivity contribution >= 4 is 11.8 Å². The summed E-state index contributed by atoms with van der Waals surface area (Å²) in [6.07, 6.45) is 0.755. The second kappa shape index (κ2) is 7.45. The molecule has 0 saturated carbocycles. The molecule has 0 spiro atoms. The molecule has 1 heterocycles. The highest BCUT2D eigenvalue weighted by molar-refractivity contribution is 7.99. The van der Waals surface area contributed by atoms with Crippen LogP contribution in [0.3, 0.4) is 0 Å². The molecule has 1 N–H and O–H groups in total. The summed E-state index contributed by atoms with van der Waals surface area (Å²) in [6, 6.07) is 8.62. The molecule has 0 amide bonds. The molecule has 20 heavy (non-hydrogen) atoms. The minimum Gasteiger partial charge on any atom is -0.339 e. The highest BCUT2D eigenvalue weighted by Crippen LogP contribution is 2.22. The lowest BCUT2D eigenvalue weighted by atomic mass is 10.2. The van der Waals surface area contributed by atoms with Gasteiger partial charge in [0.2, 0.25) is 11.7 Å². The van der Waals surface area contributed by atoms with Crippen LogP contribution in [-0.2, 0) is 6.42 Å². The van der Waals surface area contributed by atoms with Gasteiger partial charge in [-0.15, -0.1) is 11.8 Å². The largest absolute Gasteiger partial charge is 0.339 e. The third kappa shape index (κ3) is 4.08. The second-order valence-corrected chi connectivity index (χ2v) is 5.97. The minimum atomic E-state index is 0.344. The molecule has 1 aromatic heterocycles. The van der Waals surface area contributed by atoms with Gasteiger partial charge in [-0.2, -0.15) is 4.98 Å². The van der Waals surface area contributed by atoms with E-state index in [1.807, 2.05) is 23.9 Å². The Kier molecular flexibility index (Phi) is 5.61. The predicted molar refractivity (Wildman–Crippen MR) is 83.0 cm³/mol. The molecule has 1 atom stereocenters. The molecule has 0 saturated heterocycles. The molecule has 1 unspecified atom stereocenters. The van der Waals surface area contributed by atoms with E-state index in [1.165, 1.54) is 4.90 Å². The monoisotopic (exact) mass is 291 g/mol. The van der Waals surface area contributed by atoms with Crippen LogP contribution in [0, 0.1) is 0 Å². The summed E-state index contributed by atoms with van der Waals surface area (Å²) >= 11 is 1.83. The highest BCUT2D eigenvalue weighted by Gasteiger charge is 2.11. The molecular formula is C15H21N3OS. The molecule has 0 radical (unpaired) electrons. The third-order valence-electron chi connectivity index (χ3n) is 2.93. The zero-order valence-corrected chi connectivity index (χ0v) is 13.0. The normalized spacial score (nSPS) is 12.6. The lowest BCUT2D eigenvalue weighted by molar-refractivity contribution is 0.363. The Morgan fingerprint density at radius 1 is 1.25 bits per heavy atom. The van der Waals surface area contributed by atoms with Gasteiger partial charge in [-0.3, -0.25) is 0 Å². The molecule has 0 aliphatic heterocycles. The van der Waals surface area contributed by atoms with E-state index >= 15 is 0 Å². The van der Waals surface area contributed by atoms with Crippen molar-refractivity contribution in [3.63, 3.8) is 0 Å². The fourth-order valence-electron chi connectivity index (χ4n) is 2.00. The van der Waals surface area contributed by atoms with Gasteiger partial charge >= 0.3 is 0 Å². The van der Waals surface area contributed by atoms with E-state index in [9.17, 15) is 0 Å². The number of benzene rings is 1. The van der Waals surface area contributed by atoms with E-state index in [-0.39, 0.29) is 0 Å². The first-order valence-corrected chi connectivity index (χ1v) is 8.00.